The van der Waals surface area contributed by atoms with E-state index in [1.54, 1.807) is 12.1 Å². The lowest BCUT2D eigenvalue weighted by atomic mass is 10.0. The smallest absolute Gasteiger partial charge is 0.170 e. The van der Waals surface area contributed by atoms with E-state index >= 15 is 0 Å². The minimum absolute atomic E-state index is 0.00107. The van der Waals surface area contributed by atoms with Crippen molar-refractivity contribution in [2.45, 2.75) is 12.1 Å². The van der Waals surface area contributed by atoms with Crippen LogP contribution in [-0.4, -0.2) is 56.8 Å². The highest BCUT2D eigenvalue weighted by molar-refractivity contribution is 7.80. The molecule has 0 bridgehead atoms. The highest BCUT2D eigenvalue weighted by Crippen LogP contribution is 2.39. The van der Waals surface area contributed by atoms with Crippen LogP contribution in [0.1, 0.15) is 23.5 Å². The van der Waals surface area contributed by atoms with Crippen molar-refractivity contribution in [3.8, 4) is 11.4 Å². The highest BCUT2D eigenvalue weighted by Gasteiger charge is 2.41. The van der Waals surface area contributed by atoms with Crippen molar-refractivity contribution in [2.24, 2.45) is 0 Å². The Balaban J connectivity index is 1.77. The first-order valence-corrected chi connectivity index (χ1v) is 10.0. The molecule has 1 aliphatic heterocycles. The van der Waals surface area contributed by atoms with Crippen molar-refractivity contribution in [2.75, 3.05) is 27.2 Å². The van der Waals surface area contributed by atoms with E-state index in [0.717, 1.165) is 35.3 Å². The Hall–Kier alpha value is -2.90. The summed E-state index contributed by atoms with van der Waals surface area (Å²) in [4.78, 5) is 9.01. The normalized spacial score (nSPS) is 19.0. The van der Waals surface area contributed by atoms with Crippen LogP contribution in [0.5, 0.6) is 5.75 Å². The second-order valence-corrected chi connectivity index (χ2v) is 7.83. The van der Waals surface area contributed by atoms with Crippen LogP contribution >= 0.6 is 12.2 Å². The zero-order valence-corrected chi connectivity index (χ0v) is 17.4. The van der Waals surface area contributed by atoms with E-state index in [4.69, 9.17) is 12.2 Å². The summed E-state index contributed by atoms with van der Waals surface area (Å²) in [6, 6.07) is 17.3. The number of aromatic hydroxyl groups is 1. The number of hydrogen-bond acceptors (Lipinski definition) is 4. The van der Waals surface area contributed by atoms with E-state index in [0.29, 0.717) is 0 Å². The number of hydrogen-bond donors (Lipinski definition) is 2. The number of benzene rings is 1. The molecule has 1 aliphatic rings. The van der Waals surface area contributed by atoms with Crippen LogP contribution in [0, 0.1) is 0 Å². The molecule has 2 atom stereocenters. The van der Waals surface area contributed by atoms with Gasteiger partial charge in [-0.25, -0.2) is 0 Å². The van der Waals surface area contributed by atoms with Gasteiger partial charge in [0.15, 0.2) is 5.11 Å². The first-order chi connectivity index (χ1) is 14.0. The number of thiocarbonyl (C=S) groups is 1. The van der Waals surface area contributed by atoms with Gasteiger partial charge in [-0.15, -0.1) is 0 Å². The second-order valence-electron chi connectivity index (χ2n) is 7.44. The van der Waals surface area contributed by atoms with Crippen LogP contribution in [-0.2, 0) is 0 Å². The molecule has 1 aromatic carbocycles. The molecule has 2 aromatic heterocycles. The highest BCUT2D eigenvalue weighted by atomic mass is 32.1. The minimum Gasteiger partial charge on any atom is -0.508 e. The van der Waals surface area contributed by atoms with Crippen LogP contribution in [0.4, 0.5) is 0 Å². The van der Waals surface area contributed by atoms with Crippen LogP contribution in [0.2, 0.25) is 0 Å². The summed E-state index contributed by atoms with van der Waals surface area (Å²) in [5.41, 5.74) is 3.08. The summed E-state index contributed by atoms with van der Waals surface area (Å²) in [5, 5.41) is 13.9. The molecule has 29 heavy (non-hydrogen) atoms. The van der Waals surface area contributed by atoms with Gasteiger partial charge < -0.3 is 24.8 Å². The van der Waals surface area contributed by atoms with Gasteiger partial charge in [-0.3, -0.25) is 4.98 Å². The molecule has 1 saturated heterocycles. The average Bonchev–Trinajstić information content (AvgIpc) is 3.32. The molecule has 3 heterocycles. The third-order valence-electron chi connectivity index (χ3n) is 5.20. The Morgan fingerprint density at radius 1 is 1.10 bits per heavy atom. The van der Waals surface area contributed by atoms with Crippen molar-refractivity contribution < 1.29 is 5.11 Å². The number of nitrogens with one attached hydrogen (secondary N) is 1. The molecular weight excluding hydrogens is 382 g/mol. The van der Waals surface area contributed by atoms with Gasteiger partial charge in [0.2, 0.25) is 0 Å². The number of pyridine rings is 1. The van der Waals surface area contributed by atoms with Crippen LogP contribution in [0.15, 0.2) is 67.0 Å². The molecule has 150 valence electrons. The number of phenolic OH excluding ortho intramolecular Hbond substituents is 1. The quantitative estimate of drug-likeness (QED) is 0.613. The summed E-state index contributed by atoms with van der Waals surface area (Å²) in [6.07, 6.45) is 3.86. The summed E-state index contributed by atoms with van der Waals surface area (Å²) in [7, 11) is 4.13. The van der Waals surface area contributed by atoms with Gasteiger partial charge in [0.05, 0.1) is 17.8 Å². The van der Waals surface area contributed by atoms with Crippen molar-refractivity contribution in [1.82, 2.24) is 24.7 Å². The molecule has 3 aromatic rings. The predicted octanol–water partition coefficient (Wildman–Crippen LogP) is 3.11. The Morgan fingerprint density at radius 3 is 2.59 bits per heavy atom. The van der Waals surface area contributed by atoms with Crippen LogP contribution in [0.25, 0.3) is 5.69 Å². The van der Waals surface area contributed by atoms with E-state index in [1.165, 1.54) is 0 Å². The fraction of sp³-hybridized carbons (Fsp3) is 0.273. The largest absolute Gasteiger partial charge is 0.508 e. The number of rotatable bonds is 6. The zero-order valence-electron chi connectivity index (χ0n) is 16.6. The van der Waals surface area contributed by atoms with Crippen molar-refractivity contribution in [1.29, 1.82) is 0 Å². The molecule has 4 rings (SSSR count). The van der Waals surface area contributed by atoms with Gasteiger partial charge in [0, 0.05) is 36.9 Å². The molecule has 2 unspecified atom stereocenters. The first-order valence-electron chi connectivity index (χ1n) is 9.64. The number of nitrogens with zero attached hydrogens (tertiary/aromatic N) is 4. The van der Waals surface area contributed by atoms with Gasteiger partial charge in [-0.05, 0) is 74.8 Å². The number of phenols is 1. The summed E-state index contributed by atoms with van der Waals surface area (Å²) in [5.74, 6) is 0.255. The third-order valence-corrected chi connectivity index (χ3v) is 5.55. The molecule has 6 nitrogen and oxygen atoms in total. The van der Waals surface area contributed by atoms with Crippen LogP contribution in [0.3, 0.4) is 0 Å². The Labute approximate surface area is 176 Å². The van der Waals surface area contributed by atoms with E-state index in [-0.39, 0.29) is 17.8 Å². The number of aromatic nitrogens is 2. The van der Waals surface area contributed by atoms with E-state index < -0.39 is 0 Å². The van der Waals surface area contributed by atoms with Crippen LogP contribution < -0.4 is 5.32 Å². The maximum atomic E-state index is 9.67. The lowest BCUT2D eigenvalue weighted by Gasteiger charge is -2.29. The van der Waals surface area contributed by atoms with Crippen molar-refractivity contribution in [3.05, 3.63) is 78.4 Å². The van der Waals surface area contributed by atoms with Gasteiger partial charge >= 0.3 is 0 Å². The molecule has 1 fully saturated rings. The monoisotopic (exact) mass is 407 g/mol. The lowest BCUT2D eigenvalue weighted by molar-refractivity contribution is 0.272. The molecule has 0 amide bonds. The molecular formula is C22H25N5OS. The van der Waals surface area contributed by atoms with Crippen molar-refractivity contribution >= 4 is 17.3 Å². The fourth-order valence-corrected chi connectivity index (χ4v) is 4.09. The number of likely N-dealkylation sites (N-methyl/N-ethyl adjacent to an activating group) is 1. The first kappa shape index (κ1) is 19.4. The minimum atomic E-state index is -0.0448. The molecule has 0 spiro atoms. The molecule has 0 radical (unpaired) electrons. The predicted molar refractivity (Wildman–Crippen MR) is 118 cm³/mol. The SMILES string of the molecule is CN(C)CCN1C(=S)NC(c2ccccn2)C1c1cccn1-c1ccc(O)cc1. The van der Waals surface area contributed by atoms with Gasteiger partial charge in [0.25, 0.3) is 0 Å². The third kappa shape index (κ3) is 3.97. The molecule has 2 N–H and O–H groups in total. The van der Waals surface area contributed by atoms with E-state index in [1.807, 2.05) is 48.8 Å². The molecule has 7 heteroatoms. The zero-order chi connectivity index (χ0) is 20.4. The van der Waals surface area contributed by atoms with Gasteiger partial charge in [-0.2, -0.15) is 0 Å². The summed E-state index contributed by atoms with van der Waals surface area (Å²) < 4.78 is 2.15. The molecule has 0 aliphatic carbocycles. The topological polar surface area (TPSA) is 56.6 Å². The van der Waals surface area contributed by atoms with E-state index in [2.05, 4.69) is 44.8 Å². The Morgan fingerprint density at radius 2 is 1.90 bits per heavy atom. The second kappa shape index (κ2) is 8.23. The summed E-state index contributed by atoms with van der Waals surface area (Å²) in [6.45, 7) is 1.71. The van der Waals surface area contributed by atoms with E-state index in [9.17, 15) is 5.11 Å². The maximum Gasteiger partial charge on any atom is 0.170 e. The Bertz CT molecular complexity index is 970. The molecule has 0 saturated carbocycles. The Kier molecular flexibility index (Phi) is 5.51. The average molecular weight is 408 g/mol. The van der Waals surface area contributed by atoms with Gasteiger partial charge in [-0.1, -0.05) is 6.07 Å². The van der Waals surface area contributed by atoms with Gasteiger partial charge in [0.1, 0.15) is 5.75 Å². The summed E-state index contributed by atoms with van der Waals surface area (Å²) >= 11 is 5.72. The lowest BCUT2D eigenvalue weighted by Crippen LogP contribution is -2.36. The fourth-order valence-electron chi connectivity index (χ4n) is 3.76. The standard InChI is InChI=1S/C22H25N5OS/c1-25(2)14-15-27-21(20(24-22(27)29)18-6-3-4-12-23-18)19-7-5-13-26(19)16-8-10-17(28)11-9-16/h3-13,20-21,28H,14-15H2,1-2H3,(H,24,29). The maximum absolute atomic E-state index is 9.67. The van der Waals surface area contributed by atoms with Crippen molar-refractivity contribution in [3.63, 3.8) is 0 Å².